The SMILES string of the molecule is COc1ccc(/C=C2\Oc3cc(OCc4cccc(Cl)c4)ccc3C2=O)c(OC)c1OC. The molecule has 1 heterocycles. The summed E-state index contributed by atoms with van der Waals surface area (Å²) in [5, 5.41) is 0.648. The predicted octanol–water partition coefficient (Wildman–Crippen LogP) is 5.56. The van der Waals surface area contributed by atoms with Gasteiger partial charge in [-0.3, -0.25) is 4.79 Å². The van der Waals surface area contributed by atoms with Gasteiger partial charge in [0.05, 0.1) is 26.9 Å². The monoisotopic (exact) mass is 452 g/mol. The van der Waals surface area contributed by atoms with Gasteiger partial charge in [0.2, 0.25) is 11.5 Å². The molecule has 6 nitrogen and oxygen atoms in total. The number of methoxy groups -OCH3 is 3. The molecule has 0 bridgehead atoms. The Morgan fingerprint density at radius 2 is 1.75 bits per heavy atom. The normalized spacial score (nSPS) is 13.5. The fraction of sp³-hybridized carbons (Fsp3) is 0.160. The molecule has 0 radical (unpaired) electrons. The molecular formula is C25H21ClO6. The molecule has 3 aromatic carbocycles. The van der Waals surface area contributed by atoms with E-state index in [1.807, 2.05) is 18.2 Å². The maximum Gasteiger partial charge on any atom is 0.231 e. The van der Waals surface area contributed by atoms with Gasteiger partial charge in [0.15, 0.2) is 17.3 Å². The van der Waals surface area contributed by atoms with Crippen LogP contribution in [0, 0.1) is 0 Å². The molecule has 4 rings (SSSR count). The number of allylic oxidation sites excluding steroid dienone is 1. The first-order valence-corrected chi connectivity index (χ1v) is 10.2. The topological polar surface area (TPSA) is 63.2 Å². The van der Waals surface area contributed by atoms with Crippen LogP contribution in [0.25, 0.3) is 6.08 Å². The Labute approximate surface area is 190 Å². The van der Waals surface area contributed by atoms with Crippen molar-refractivity contribution in [2.45, 2.75) is 6.61 Å². The van der Waals surface area contributed by atoms with Crippen LogP contribution in [0.5, 0.6) is 28.7 Å². The third-order valence-electron chi connectivity index (χ3n) is 4.96. The van der Waals surface area contributed by atoms with Gasteiger partial charge in [0.1, 0.15) is 18.1 Å². The van der Waals surface area contributed by atoms with Crippen molar-refractivity contribution in [3.8, 4) is 28.7 Å². The van der Waals surface area contributed by atoms with E-state index in [1.165, 1.54) is 14.2 Å². The van der Waals surface area contributed by atoms with Crippen LogP contribution < -0.4 is 23.7 Å². The number of ether oxygens (including phenoxy) is 5. The van der Waals surface area contributed by atoms with E-state index < -0.39 is 0 Å². The minimum Gasteiger partial charge on any atom is -0.493 e. The van der Waals surface area contributed by atoms with Gasteiger partial charge in [0, 0.05) is 16.7 Å². The van der Waals surface area contributed by atoms with E-state index in [0.29, 0.717) is 51.5 Å². The van der Waals surface area contributed by atoms with Gasteiger partial charge < -0.3 is 23.7 Å². The van der Waals surface area contributed by atoms with Crippen molar-refractivity contribution in [3.63, 3.8) is 0 Å². The molecule has 1 aliphatic rings. The fourth-order valence-corrected chi connectivity index (χ4v) is 3.64. The molecule has 0 fully saturated rings. The second-order valence-electron chi connectivity index (χ2n) is 6.94. The highest BCUT2D eigenvalue weighted by atomic mass is 35.5. The Kier molecular flexibility index (Phi) is 6.23. The molecule has 0 unspecified atom stereocenters. The first-order chi connectivity index (χ1) is 15.5. The molecule has 0 spiro atoms. The summed E-state index contributed by atoms with van der Waals surface area (Å²) in [6.45, 7) is 0.346. The van der Waals surface area contributed by atoms with E-state index in [4.69, 9.17) is 35.3 Å². The highest BCUT2D eigenvalue weighted by Gasteiger charge is 2.28. The molecule has 0 aliphatic carbocycles. The molecule has 0 aromatic heterocycles. The van der Waals surface area contributed by atoms with Crippen LogP contribution in [-0.2, 0) is 6.61 Å². The molecule has 7 heteroatoms. The van der Waals surface area contributed by atoms with Crippen molar-refractivity contribution >= 4 is 23.5 Å². The van der Waals surface area contributed by atoms with Crippen molar-refractivity contribution in [2.24, 2.45) is 0 Å². The summed E-state index contributed by atoms with van der Waals surface area (Å²) in [6, 6.07) is 16.1. The van der Waals surface area contributed by atoms with Crippen LogP contribution in [0.3, 0.4) is 0 Å². The molecule has 0 N–H and O–H groups in total. The molecule has 0 saturated carbocycles. The number of Topliss-reactive ketones (excluding diaryl/α,β-unsaturated/α-hetero) is 1. The molecule has 0 amide bonds. The zero-order valence-electron chi connectivity index (χ0n) is 17.8. The number of carbonyl (C=O) groups is 1. The minimum absolute atomic E-state index is 0.178. The van der Waals surface area contributed by atoms with Crippen LogP contribution in [-0.4, -0.2) is 27.1 Å². The van der Waals surface area contributed by atoms with Crippen LogP contribution in [0.2, 0.25) is 5.02 Å². The van der Waals surface area contributed by atoms with Gasteiger partial charge >= 0.3 is 0 Å². The van der Waals surface area contributed by atoms with E-state index in [1.54, 1.807) is 49.6 Å². The Bertz CT molecular complexity index is 1200. The lowest BCUT2D eigenvalue weighted by molar-refractivity contribution is 0.101. The van der Waals surface area contributed by atoms with Gasteiger partial charge in [0.25, 0.3) is 0 Å². The molecule has 3 aromatic rings. The van der Waals surface area contributed by atoms with Gasteiger partial charge in [-0.1, -0.05) is 23.7 Å². The first kappa shape index (κ1) is 21.6. The standard InChI is InChI=1S/C25H21ClO6/c1-28-20-10-7-16(24(29-2)25(20)30-3)12-22-23(27)19-9-8-18(13-21(19)32-22)31-14-15-5-4-6-17(26)11-15/h4-13H,14H2,1-3H3/b22-12-. The Balaban J connectivity index is 1.57. The lowest BCUT2D eigenvalue weighted by Crippen LogP contribution is -2.00. The summed E-state index contributed by atoms with van der Waals surface area (Å²) in [5.74, 6) is 2.37. The number of halogens is 1. The van der Waals surface area contributed by atoms with Crippen LogP contribution in [0.15, 0.2) is 60.4 Å². The van der Waals surface area contributed by atoms with Gasteiger partial charge in [-0.15, -0.1) is 0 Å². The second-order valence-corrected chi connectivity index (χ2v) is 7.38. The molecule has 164 valence electrons. The predicted molar refractivity (Wildman–Crippen MR) is 121 cm³/mol. The highest BCUT2D eigenvalue weighted by Crippen LogP contribution is 2.42. The summed E-state index contributed by atoms with van der Waals surface area (Å²) in [5.41, 5.74) is 2.03. The lowest BCUT2D eigenvalue weighted by Gasteiger charge is -2.14. The summed E-state index contributed by atoms with van der Waals surface area (Å²) >= 11 is 6.02. The largest absolute Gasteiger partial charge is 0.493 e. The van der Waals surface area contributed by atoms with E-state index in [0.717, 1.165) is 5.56 Å². The minimum atomic E-state index is -0.224. The van der Waals surface area contributed by atoms with Gasteiger partial charge in [-0.25, -0.2) is 0 Å². The number of benzene rings is 3. The smallest absolute Gasteiger partial charge is 0.231 e. The molecule has 0 saturated heterocycles. The van der Waals surface area contributed by atoms with Crippen LogP contribution >= 0.6 is 11.6 Å². The third-order valence-corrected chi connectivity index (χ3v) is 5.19. The van der Waals surface area contributed by atoms with E-state index >= 15 is 0 Å². The van der Waals surface area contributed by atoms with Gasteiger partial charge in [-0.2, -0.15) is 0 Å². The number of fused-ring (bicyclic) bond motifs is 1. The number of ketones is 1. The second kappa shape index (κ2) is 9.24. The lowest BCUT2D eigenvalue weighted by atomic mass is 10.1. The van der Waals surface area contributed by atoms with Crippen molar-refractivity contribution in [1.82, 2.24) is 0 Å². The van der Waals surface area contributed by atoms with Crippen molar-refractivity contribution in [3.05, 3.63) is 82.1 Å². The average molecular weight is 453 g/mol. The Hall–Kier alpha value is -3.64. The Morgan fingerprint density at radius 3 is 2.47 bits per heavy atom. The maximum absolute atomic E-state index is 12.9. The summed E-state index contributed by atoms with van der Waals surface area (Å²) in [6.07, 6.45) is 1.62. The average Bonchev–Trinajstić information content (AvgIpc) is 3.11. The quantitative estimate of drug-likeness (QED) is 0.437. The zero-order chi connectivity index (χ0) is 22.7. The summed E-state index contributed by atoms with van der Waals surface area (Å²) < 4.78 is 27.9. The van der Waals surface area contributed by atoms with E-state index in [-0.39, 0.29) is 11.5 Å². The van der Waals surface area contributed by atoms with E-state index in [2.05, 4.69) is 0 Å². The number of carbonyl (C=O) groups excluding carboxylic acids is 1. The zero-order valence-corrected chi connectivity index (χ0v) is 18.6. The molecular weight excluding hydrogens is 432 g/mol. The van der Waals surface area contributed by atoms with Crippen molar-refractivity contribution < 1.29 is 28.5 Å². The van der Waals surface area contributed by atoms with E-state index in [9.17, 15) is 4.79 Å². The number of hydrogen-bond donors (Lipinski definition) is 0. The highest BCUT2D eigenvalue weighted by molar-refractivity contribution is 6.30. The van der Waals surface area contributed by atoms with Crippen LogP contribution in [0.4, 0.5) is 0 Å². The summed E-state index contributed by atoms with van der Waals surface area (Å²) in [4.78, 5) is 12.9. The Morgan fingerprint density at radius 1 is 0.938 bits per heavy atom. The van der Waals surface area contributed by atoms with Crippen molar-refractivity contribution in [1.29, 1.82) is 0 Å². The van der Waals surface area contributed by atoms with Crippen LogP contribution in [0.1, 0.15) is 21.5 Å². The molecule has 32 heavy (non-hydrogen) atoms. The van der Waals surface area contributed by atoms with Crippen molar-refractivity contribution in [2.75, 3.05) is 21.3 Å². The maximum atomic E-state index is 12.9. The number of rotatable bonds is 7. The molecule has 0 atom stereocenters. The third kappa shape index (κ3) is 4.22. The first-order valence-electron chi connectivity index (χ1n) is 9.78. The fourth-order valence-electron chi connectivity index (χ4n) is 3.43. The molecule has 1 aliphatic heterocycles. The van der Waals surface area contributed by atoms with Gasteiger partial charge in [-0.05, 0) is 48.0 Å². The summed E-state index contributed by atoms with van der Waals surface area (Å²) in [7, 11) is 4.59. The number of hydrogen-bond acceptors (Lipinski definition) is 6.